The third kappa shape index (κ3) is 2.06. The van der Waals surface area contributed by atoms with E-state index in [0.717, 1.165) is 12.8 Å². The molecule has 0 bridgehead atoms. The first kappa shape index (κ1) is 11.7. The van der Waals surface area contributed by atoms with Crippen molar-refractivity contribution in [3.63, 3.8) is 0 Å². The van der Waals surface area contributed by atoms with E-state index < -0.39 is 0 Å². The number of hydrogen-bond donors (Lipinski definition) is 3. The van der Waals surface area contributed by atoms with Crippen molar-refractivity contribution >= 4 is 11.6 Å². The van der Waals surface area contributed by atoms with Gasteiger partial charge in [0.1, 0.15) is 0 Å². The van der Waals surface area contributed by atoms with Gasteiger partial charge < -0.3 is 20.8 Å². The van der Waals surface area contributed by atoms with Crippen LogP contribution in [0, 0.1) is 0 Å². The molecule has 5 heteroatoms. The lowest BCUT2D eigenvalue weighted by Gasteiger charge is -2.23. The van der Waals surface area contributed by atoms with E-state index in [9.17, 15) is 15.0 Å². The van der Waals surface area contributed by atoms with Crippen LogP contribution in [-0.4, -0.2) is 40.2 Å². The Hall–Kier alpha value is -1.75. The van der Waals surface area contributed by atoms with E-state index in [1.54, 1.807) is 23.1 Å². The van der Waals surface area contributed by atoms with Crippen LogP contribution in [0.5, 0.6) is 5.75 Å². The lowest BCUT2D eigenvalue weighted by Crippen LogP contribution is -2.37. The Morgan fingerprint density at radius 2 is 2.29 bits per heavy atom. The fraction of sp³-hybridized carbons (Fsp3) is 0.417. The van der Waals surface area contributed by atoms with Crippen molar-refractivity contribution in [3.8, 4) is 5.75 Å². The van der Waals surface area contributed by atoms with Crippen molar-refractivity contribution in [1.29, 1.82) is 0 Å². The second kappa shape index (κ2) is 4.63. The Morgan fingerprint density at radius 1 is 1.53 bits per heavy atom. The number of benzene rings is 1. The topological polar surface area (TPSA) is 86.8 Å². The number of carbonyl (C=O) groups excluding carboxylic acids is 1. The van der Waals surface area contributed by atoms with E-state index >= 15 is 0 Å². The average Bonchev–Trinajstić information content (AvgIpc) is 2.80. The summed E-state index contributed by atoms with van der Waals surface area (Å²) in [5, 5.41) is 18.9. The summed E-state index contributed by atoms with van der Waals surface area (Å²) in [4.78, 5) is 13.8. The summed E-state index contributed by atoms with van der Waals surface area (Å²) in [6, 6.07) is 4.57. The summed E-state index contributed by atoms with van der Waals surface area (Å²) >= 11 is 0. The van der Waals surface area contributed by atoms with Crippen molar-refractivity contribution in [2.24, 2.45) is 0 Å². The first-order valence-electron chi connectivity index (χ1n) is 5.64. The predicted octanol–water partition coefficient (Wildman–Crippen LogP) is 0.571. The van der Waals surface area contributed by atoms with Crippen LogP contribution in [0.25, 0.3) is 0 Å². The number of likely N-dealkylation sites (tertiary alicyclic amines) is 1. The highest BCUT2D eigenvalue weighted by atomic mass is 16.3. The highest BCUT2D eigenvalue weighted by Gasteiger charge is 2.30. The van der Waals surface area contributed by atoms with Crippen molar-refractivity contribution in [1.82, 2.24) is 4.90 Å². The molecule has 0 saturated carbocycles. The molecule has 1 saturated heterocycles. The molecule has 92 valence electrons. The van der Waals surface area contributed by atoms with Crippen molar-refractivity contribution in [2.75, 3.05) is 18.9 Å². The molecule has 0 radical (unpaired) electrons. The zero-order valence-corrected chi connectivity index (χ0v) is 9.47. The molecule has 1 aliphatic rings. The maximum absolute atomic E-state index is 12.2. The Morgan fingerprint density at radius 3 is 3.00 bits per heavy atom. The zero-order valence-electron chi connectivity index (χ0n) is 9.47. The molecule has 1 aliphatic heterocycles. The number of hydrogen-bond acceptors (Lipinski definition) is 4. The Balaban J connectivity index is 2.28. The summed E-state index contributed by atoms with van der Waals surface area (Å²) < 4.78 is 0. The molecule has 1 unspecified atom stereocenters. The van der Waals surface area contributed by atoms with Crippen molar-refractivity contribution in [3.05, 3.63) is 23.8 Å². The fourth-order valence-corrected chi connectivity index (χ4v) is 2.18. The lowest BCUT2D eigenvalue weighted by molar-refractivity contribution is 0.0674. The maximum atomic E-state index is 12.2. The number of nitrogen functional groups attached to an aromatic ring is 1. The standard InChI is InChI=1S/C12H16N2O3/c13-10-5-1-4-9(11(10)16)12(17)14-6-2-3-8(14)7-15/h1,4-5,8,15-16H,2-3,6-7,13H2. The van der Waals surface area contributed by atoms with Gasteiger partial charge in [-0.1, -0.05) is 6.07 Å². The molecule has 1 aromatic rings. The van der Waals surface area contributed by atoms with Crippen molar-refractivity contribution in [2.45, 2.75) is 18.9 Å². The van der Waals surface area contributed by atoms with Gasteiger partial charge in [-0.2, -0.15) is 0 Å². The Bertz CT molecular complexity index is 434. The van der Waals surface area contributed by atoms with Crippen LogP contribution in [0.1, 0.15) is 23.2 Å². The molecule has 1 amide bonds. The van der Waals surface area contributed by atoms with Gasteiger partial charge in [-0.25, -0.2) is 0 Å². The SMILES string of the molecule is Nc1cccc(C(=O)N2CCCC2CO)c1O. The van der Waals surface area contributed by atoms with Crippen LogP contribution in [0.3, 0.4) is 0 Å². The van der Waals surface area contributed by atoms with Gasteiger partial charge in [-0.15, -0.1) is 0 Å². The number of aliphatic hydroxyl groups is 1. The number of amides is 1. The van der Waals surface area contributed by atoms with Gasteiger partial charge in [0, 0.05) is 6.54 Å². The molecule has 1 heterocycles. The molecule has 17 heavy (non-hydrogen) atoms. The van der Waals surface area contributed by atoms with Gasteiger partial charge in [-0.05, 0) is 25.0 Å². The van der Waals surface area contributed by atoms with Crippen molar-refractivity contribution < 1.29 is 15.0 Å². The largest absolute Gasteiger partial charge is 0.505 e. The van der Waals surface area contributed by atoms with Crippen LogP contribution in [-0.2, 0) is 0 Å². The predicted molar refractivity (Wildman–Crippen MR) is 63.7 cm³/mol. The number of carbonyl (C=O) groups is 1. The van der Waals surface area contributed by atoms with E-state index in [1.165, 1.54) is 0 Å². The Kier molecular flexibility index (Phi) is 3.19. The number of anilines is 1. The molecule has 2 rings (SSSR count). The monoisotopic (exact) mass is 236 g/mol. The van der Waals surface area contributed by atoms with E-state index in [-0.39, 0.29) is 35.6 Å². The van der Waals surface area contributed by atoms with Crippen LogP contribution in [0.15, 0.2) is 18.2 Å². The summed E-state index contributed by atoms with van der Waals surface area (Å²) in [6.45, 7) is 0.563. The highest BCUT2D eigenvalue weighted by Crippen LogP contribution is 2.28. The normalized spacial score (nSPS) is 19.6. The molecular weight excluding hydrogens is 220 g/mol. The third-order valence-electron chi connectivity index (χ3n) is 3.15. The number of aromatic hydroxyl groups is 1. The summed E-state index contributed by atoms with van der Waals surface area (Å²) in [5.41, 5.74) is 5.94. The summed E-state index contributed by atoms with van der Waals surface area (Å²) in [5.74, 6) is -0.451. The quantitative estimate of drug-likeness (QED) is 0.517. The van der Waals surface area contributed by atoms with Gasteiger partial charge in [0.15, 0.2) is 5.75 Å². The number of phenolic OH excluding ortho intramolecular Hbond substituents is 1. The molecule has 0 aromatic heterocycles. The van der Waals surface area contributed by atoms with E-state index in [2.05, 4.69) is 0 Å². The van der Waals surface area contributed by atoms with E-state index in [0.29, 0.717) is 6.54 Å². The minimum absolute atomic E-state index is 0.0468. The molecule has 0 spiro atoms. The van der Waals surface area contributed by atoms with Crippen LogP contribution in [0.2, 0.25) is 0 Å². The van der Waals surface area contributed by atoms with Gasteiger partial charge in [0.2, 0.25) is 0 Å². The van der Waals surface area contributed by atoms with Gasteiger partial charge in [0.05, 0.1) is 23.9 Å². The average molecular weight is 236 g/mol. The fourth-order valence-electron chi connectivity index (χ4n) is 2.18. The molecule has 1 aromatic carbocycles. The number of nitrogens with two attached hydrogens (primary N) is 1. The summed E-state index contributed by atoms with van der Waals surface area (Å²) in [6.07, 6.45) is 1.67. The first-order valence-corrected chi connectivity index (χ1v) is 5.64. The molecule has 5 nitrogen and oxygen atoms in total. The minimum Gasteiger partial charge on any atom is -0.505 e. The van der Waals surface area contributed by atoms with E-state index in [4.69, 9.17) is 5.73 Å². The number of para-hydroxylation sites is 1. The number of rotatable bonds is 2. The smallest absolute Gasteiger partial charge is 0.258 e. The highest BCUT2D eigenvalue weighted by molar-refractivity contribution is 5.98. The zero-order chi connectivity index (χ0) is 12.4. The molecule has 4 N–H and O–H groups in total. The lowest BCUT2D eigenvalue weighted by atomic mass is 10.1. The molecule has 0 aliphatic carbocycles. The minimum atomic E-state index is -0.272. The molecule has 1 fully saturated rings. The van der Waals surface area contributed by atoms with Crippen LogP contribution in [0.4, 0.5) is 5.69 Å². The van der Waals surface area contributed by atoms with Crippen LogP contribution >= 0.6 is 0 Å². The van der Waals surface area contributed by atoms with Gasteiger partial charge >= 0.3 is 0 Å². The second-order valence-electron chi connectivity index (χ2n) is 4.22. The first-order chi connectivity index (χ1) is 8.15. The second-order valence-corrected chi connectivity index (χ2v) is 4.22. The maximum Gasteiger partial charge on any atom is 0.258 e. The van der Waals surface area contributed by atoms with Gasteiger partial charge in [-0.3, -0.25) is 4.79 Å². The third-order valence-corrected chi connectivity index (χ3v) is 3.15. The number of phenols is 1. The molecular formula is C12H16N2O3. The van der Waals surface area contributed by atoms with Gasteiger partial charge in [0.25, 0.3) is 5.91 Å². The molecule has 1 atom stereocenters. The van der Waals surface area contributed by atoms with E-state index in [1.807, 2.05) is 0 Å². The Labute approximate surface area is 99.5 Å². The number of aliphatic hydroxyl groups excluding tert-OH is 1. The van der Waals surface area contributed by atoms with Crippen LogP contribution < -0.4 is 5.73 Å². The number of nitrogens with zero attached hydrogens (tertiary/aromatic N) is 1. The summed E-state index contributed by atoms with van der Waals surface area (Å²) in [7, 11) is 0.